The summed E-state index contributed by atoms with van der Waals surface area (Å²) in [4.78, 5) is 63.6. The standard InChI is InChI=1S/C51H42Cl2N6O6/c1-57(2)33-16-12-31(13-17-33)54-55-32-14-18-34(19-15-32)58-47(61)38-24-23-37-40(44(38)49(58)63)27-41-48(62)59(56-43-25-11-30(52)26-42(43)53)50(64)51(41,29-9-20-35(65-3)21-10-29)45(37)39-22-8-28-6-4-5-7-36(28)46(39)60/h4-23,25-26,38,40-41,44-45,56,60H,24,27H2,1-3H3. The highest BCUT2D eigenvalue weighted by molar-refractivity contribution is 6.36. The number of halogens is 2. The van der Waals surface area contributed by atoms with Crippen LogP contribution in [-0.2, 0) is 24.6 Å². The first-order valence-electron chi connectivity index (χ1n) is 21.2. The molecular formula is C51H42Cl2N6O6. The molecule has 3 fully saturated rings. The third kappa shape index (κ3) is 6.73. The van der Waals surface area contributed by atoms with Crippen LogP contribution in [0.3, 0.4) is 0 Å². The fraction of sp³-hybridized carbons (Fsp3) is 0.216. The van der Waals surface area contributed by atoms with E-state index in [0.29, 0.717) is 49.9 Å². The monoisotopic (exact) mass is 904 g/mol. The lowest BCUT2D eigenvalue weighted by molar-refractivity contribution is -0.138. The number of aromatic hydroxyl groups is 1. The van der Waals surface area contributed by atoms with Gasteiger partial charge in [0.2, 0.25) is 11.8 Å². The summed E-state index contributed by atoms with van der Waals surface area (Å²) in [7, 11) is 5.46. The third-order valence-electron chi connectivity index (χ3n) is 13.6. The van der Waals surface area contributed by atoms with Crippen LogP contribution in [0.15, 0.2) is 149 Å². The second-order valence-corrected chi connectivity index (χ2v) is 17.9. The summed E-state index contributed by atoms with van der Waals surface area (Å²) in [5, 5.41) is 24.0. The number of nitrogens with one attached hydrogen (secondary N) is 1. The van der Waals surface area contributed by atoms with Crippen molar-refractivity contribution in [3.05, 3.63) is 160 Å². The predicted molar refractivity (Wildman–Crippen MR) is 250 cm³/mol. The largest absolute Gasteiger partial charge is 0.507 e. The van der Waals surface area contributed by atoms with Gasteiger partial charge in [-0.15, -0.1) is 0 Å². The molecule has 0 bridgehead atoms. The van der Waals surface area contributed by atoms with Gasteiger partial charge in [0.05, 0.1) is 58.1 Å². The molecule has 1 saturated carbocycles. The molecule has 14 heteroatoms. The van der Waals surface area contributed by atoms with E-state index in [-0.39, 0.29) is 35.2 Å². The minimum absolute atomic E-state index is 0.0471. The zero-order valence-electron chi connectivity index (χ0n) is 35.5. The number of methoxy groups -OCH3 is 1. The van der Waals surface area contributed by atoms with Gasteiger partial charge in [-0.2, -0.15) is 15.2 Å². The summed E-state index contributed by atoms with van der Waals surface area (Å²) < 4.78 is 5.53. The Hall–Kier alpha value is -7.02. The van der Waals surface area contributed by atoms with E-state index in [4.69, 9.17) is 27.9 Å². The van der Waals surface area contributed by atoms with Crippen LogP contribution in [0, 0.1) is 23.7 Å². The molecule has 2 aliphatic heterocycles. The van der Waals surface area contributed by atoms with Crippen LogP contribution in [-0.4, -0.2) is 54.9 Å². The van der Waals surface area contributed by atoms with Crippen LogP contribution in [0.2, 0.25) is 10.0 Å². The molecule has 6 atom stereocenters. The Morgan fingerprint density at radius 1 is 0.785 bits per heavy atom. The molecule has 2 saturated heterocycles. The lowest BCUT2D eigenvalue weighted by atomic mass is 9.49. The van der Waals surface area contributed by atoms with Crippen molar-refractivity contribution in [3.63, 3.8) is 0 Å². The summed E-state index contributed by atoms with van der Waals surface area (Å²) in [6.07, 6.45) is 2.22. The average molecular weight is 906 g/mol. The number of imide groups is 2. The Labute approximate surface area is 384 Å². The van der Waals surface area contributed by atoms with Crippen molar-refractivity contribution < 1.29 is 29.0 Å². The van der Waals surface area contributed by atoms with Gasteiger partial charge in [-0.1, -0.05) is 83.4 Å². The number of phenolic OH excluding ortho intramolecular Hbond substituents is 1. The number of amides is 4. The van der Waals surface area contributed by atoms with Crippen molar-refractivity contribution in [1.29, 1.82) is 0 Å². The number of nitrogens with zero attached hydrogens (tertiary/aromatic N) is 5. The first kappa shape index (κ1) is 42.0. The van der Waals surface area contributed by atoms with Gasteiger partial charge in [0.1, 0.15) is 11.5 Å². The number of phenols is 1. The number of azo groups is 1. The normalized spacial score (nSPS) is 23.7. The van der Waals surface area contributed by atoms with Crippen LogP contribution in [0.4, 0.5) is 28.4 Å². The predicted octanol–water partition coefficient (Wildman–Crippen LogP) is 10.5. The number of ether oxygens (including phenoxy) is 1. The van der Waals surface area contributed by atoms with Gasteiger partial charge >= 0.3 is 0 Å². The molecule has 4 aliphatic rings. The van der Waals surface area contributed by atoms with E-state index in [2.05, 4.69) is 15.7 Å². The third-order valence-corrected chi connectivity index (χ3v) is 14.1. The lowest BCUT2D eigenvalue weighted by Gasteiger charge is -2.50. The van der Waals surface area contributed by atoms with Crippen molar-refractivity contribution in [2.45, 2.75) is 24.2 Å². The zero-order chi connectivity index (χ0) is 45.3. The molecule has 6 aromatic carbocycles. The van der Waals surface area contributed by atoms with Gasteiger partial charge < -0.3 is 14.7 Å². The van der Waals surface area contributed by atoms with E-state index in [1.165, 1.54) is 11.0 Å². The number of benzene rings is 6. The van der Waals surface area contributed by atoms with E-state index in [9.17, 15) is 14.7 Å². The maximum atomic E-state index is 15.7. The second-order valence-electron chi connectivity index (χ2n) is 17.1. The molecular weight excluding hydrogens is 864 g/mol. The first-order valence-corrected chi connectivity index (χ1v) is 22.0. The van der Waals surface area contributed by atoms with Crippen molar-refractivity contribution in [3.8, 4) is 11.5 Å². The van der Waals surface area contributed by atoms with Gasteiger partial charge in [-0.3, -0.25) is 29.5 Å². The molecule has 2 heterocycles. The van der Waals surface area contributed by atoms with E-state index in [1.807, 2.05) is 79.7 Å². The number of carbonyl (C=O) groups is 4. The summed E-state index contributed by atoms with van der Waals surface area (Å²) >= 11 is 12.9. The second kappa shape index (κ2) is 16.2. The van der Waals surface area contributed by atoms with Gasteiger partial charge in [0, 0.05) is 41.7 Å². The maximum Gasteiger partial charge on any atom is 0.260 e. The van der Waals surface area contributed by atoms with E-state index >= 15 is 9.59 Å². The highest BCUT2D eigenvalue weighted by Gasteiger charge is 2.70. The Morgan fingerprint density at radius 2 is 1.48 bits per heavy atom. The summed E-state index contributed by atoms with van der Waals surface area (Å²) in [6.45, 7) is 0. The fourth-order valence-electron chi connectivity index (χ4n) is 10.5. The number of hydrogen-bond donors (Lipinski definition) is 2. The number of anilines is 3. The van der Waals surface area contributed by atoms with Crippen molar-refractivity contribution in [2.75, 3.05) is 36.4 Å². The minimum atomic E-state index is -1.64. The summed E-state index contributed by atoms with van der Waals surface area (Å²) in [5.74, 6) is -5.65. The van der Waals surface area contributed by atoms with Crippen molar-refractivity contribution >= 4 is 86.0 Å². The number of hydrazine groups is 1. The molecule has 2 aliphatic carbocycles. The van der Waals surface area contributed by atoms with Crippen LogP contribution < -0.4 is 20.0 Å². The molecule has 12 nitrogen and oxygen atoms in total. The van der Waals surface area contributed by atoms with Gasteiger partial charge in [-0.05, 0) is 109 Å². The molecule has 4 amide bonds. The smallest absolute Gasteiger partial charge is 0.260 e. The number of rotatable bonds is 9. The van der Waals surface area contributed by atoms with E-state index < -0.39 is 52.7 Å². The quantitative estimate of drug-likeness (QED) is 0.0829. The van der Waals surface area contributed by atoms with Crippen LogP contribution >= 0.6 is 23.2 Å². The summed E-state index contributed by atoms with van der Waals surface area (Å²) in [5.41, 5.74) is 5.92. The number of carbonyl (C=O) groups excluding carboxylic acids is 4. The molecule has 0 spiro atoms. The number of allylic oxidation sites excluding steroid dienone is 2. The first-order chi connectivity index (χ1) is 31.4. The molecule has 0 radical (unpaired) electrons. The molecule has 6 aromatic rings. The van der Waals surface area contributed by atoms with Crippen LogP contribution in [0.25, 0.3) is 10.8 Å². The van der Waals surface area contributed by atoms with Crippen LogP contribution in [0.5, 0.6) is 11.5 Å². The Kier molecular flexibility index (Phi) is 10.5. The molecule has 2 N–H and O–H groups in total. The molecule has 65 heavy (non-hydrogen) atoms. The van der Waals surface area contributed by atoms with Crippen molar-refractivity contribution in [1.82, 2.24) is 5.01 Å². The highest BCUT2D eigenvalue weighted by Crippen LogP contribution is 2.65. The van der Waals surface area contributed by atoms with Crippen molar-refractivity contribution in [2.24, 2.45) is 33.9 Å². The summed E-state index contributed by atoms with van der Waals surface area (Å²) in [6, 6.07) is 37.2. The molecule has 326 valence electrons. The topological polar surface area (TPSA) is 144 Å². The molecule has 10 rings (SSSR count). The average Bonchev–Trinajstić information content (AvgIpc) is 3.70. The fourth-order valence-corrected chi connectivity index (χ4v) is 11.0. The number of fused-ring (bicyclic) bond motifs is 5. The molecule has 0 aromatic heterocycles. The van der Waals surface area contributed by atoms with E-state index in [0.717, 1.165) is 16.1 Å². The maximum absolute atomic E-state index is 15.7. The van der Waals surface area contributed by atoms with Crippen LogP contribution in [0.1, 0.15) is 29.9 Å². The molecule has 6 unspecified atom stereocenters. The Bertz CT molecular complexity index is 2990. The van der Waals surface area contributed by atoms with Gasteiger partial charge in [0.15, 0.2) is 0 Å². The Morgan fingerprint density at radius 3 is 2.15 bits per heavy atom. The Balaban J connectivity index is 1.07. The van der Waals surface area contributed by atoms with Gasteiger partial charge in [0.25, 0.3) is 11.8 Å². The number of hydrogen-bond acceptors (Lipinski definition) is 10. The van der Waals surface area contributed by atoms with Gasteiger partial charge in [-0.25, -0.2) is 0 Å². The minimum Gasteiger partial charge on any atom is -0.507 e. The SMILES string of the molecule is COc1ccc(C23C(=O)N(Nc4ccc(Cl)cc4Cl)C(=O)C2CC2C(=CCC4C(=O)N(c5ccc(N=Nc6ccc(N(C)C)cc6)cc5)C(=O)C42)C3c2ccc3ccccc3c2O)cc1. The zero-order valence-corrected chi connectivity index (χ0v) is 37.0. The van der Waals surface area contributed by atoms with E-state index in [1.54, 1.807) is 73.8 Å². The lowest BCUT2D eigenvalue weighted by Crippen LogP contribution is -2.53. The highest BCUT2D eigenvalue weighted by atomic mass is 35.5.